The first kappa shape index (κ1) is 7.91. The monoisotopic (exact) mass is 177 g/mol. The van der Waals surface area contributed by atoms with Crippen molar-refractivity contribution in [3.63, 3.8) is 0 Å². The molecule has 1 N–H and O–H groups in total. The highest BCUT2D eigenvalue weighted by atomic mass is 16.5. The zero-order valence-electron chi connectivity index (χ0n) is 7.40. The zero-order valence-corrected chi connectivity index (χ0v) is 7.40. The van der Waals surface area contributed by atoms with Crippen LogP contribution in [-0.2, 0) is 0 Å². The Morgan fingerprint density at radius 2 is 2.15 bits per heavy atom. The molecule has 13 heavy (non-hydrogen) atoms. The van der Waals surface area contributed by atoms with E-state index in [1.54, 1.807) is 13.4 Å². The Bertz CT molecular complexity index is 307. The second kappa shape index (κ2) is 3.35. The summed E-state index contributed by atoms with van der Waals surface area (Å²) in [7, 11) is 1.66. The molecule has 1 aliphatic heterocycles. The Hall–Kier alpha value is -1.71. The molecule has 1 aromatic carbocycles. The van der Waals surface area contributed by atoms with Gasteiger partial charge in [-0.25, -0.2) is 0 Å². The predicted molar refractivity (Wildman–Crippen MR) is 52.0 cm³/mol. The van der Waals surface area contributed by atoms with E-state index in [1.807, 2.05) is 29.2 Å². The molecule has 4 heteroatoms. The molecule has 0 spiro atoms. The number of rotatable bonds is 2. The summed E-state index contributed by atoms with van der Waals surface area (Å²) < 4.78 is 5.06. The predicted octanol–water partition coefficient (Wildman–Crippen LogP) is 1.01. The summed E-state index contributed by atoms with van der Waals surface area (Å²) in [6.07, 6.45) is 1.77. The summed E-state index contributed by atoms with van der Waals surface area (Å²) in [6.45, 7) is 0.729. The lowest BCUT2D eigenvalue weighted by Crippen LogP contribution is -2.22. The number of anilines is 1. The third-order valence-electron chi connectivity index (χ3n) is 1.93. The van der Waals surface area contributed by atoms with Gasteiger partial charge in [-0.1, -0.05) is 0 Å². The second-order valence-electron chi connectivity index (χ2n) is 2.73. The van der Waals surface area contributed by atoms with Crippen LogP contribution in [0.15, 0.2) is 29.4 Å². The topological polar surface area (TPSA) is 36.9 Å². The van der Waals surface area contributed by atoms with Gasteiger partial charge >= 0.3 is 0 Å². The molecule has 0 saturated heterocycles. The molecule has 0 atom stereocenters. The molecule has 2 rings (SSSR count). The van der Waals surface area contributed by atoms with Gasteiger partial charge in [-0.15, -0.1) is 0 Å². The second-order valence-corrected chi connectivity index (χ2v) is 2.73. The quantitative estimate of drug-likeness (QED) is 0.732. The van der Waals surface area contributed by atoms with Crippen molar-refractivity contribution < 1.29 is 4.74 Å². The van der Waals surface area contributed by atoms with Crippen LogP contribution in [0.5, 0.6) is 5.75 Å². The van der Waals surface area contributed by atoms with E-state index in [0.717, 1.165) is 18.1 Å². The van der Waals surface area contributed by atoms with Crippen LogP contribution >= 0.6 is 0 Å². The first-order valence-electron chi connectivity index (χ1n) is 4.07. The Balaban J connectivity index is 2.17. The van der Waals surface area contributed by atoms with Crippen molar-refractivity contribution >= 4 is 12.0 Å². The van der Waals surface area contributed by atoms with Gasteiger partial charge in [0.2, 0.25) is 0 Å². The molecular formula is C9H11N3O. The Kier molecular flexibility index (Phi) is 2.04. The molecule has 0 fully saturated rings. The van der Waals surface area contributed by atoms with Crippen LogP contribution in [0.1, 0.15) is 0 Å². The van der Waals surface area contributed by atoms with E-state index in [9.17, 15) is 0 Å². The molecule has 0 amide bonds. The SMILES string of the molecule is COc1ccc(N2C=NNC2)cc1. The van der Waals surface area contributed by atoms with E-state index in [-0.39, 0.29) is 0 Å². The van der Waals surface area contributed by atoms with Gasteiger partial charge < -0.3 is 9.64 Å². The van der Waals surface area contributed by atoms with Crippen LogP contribution in [-0.4, -0.2) is 20.1 Å². The van der Waals surface area contributed by atoms with E-state index < -0.39 is 0 Å². The van der Waals surface area contributed by atoms with Gasteiger partial charge in [0, 0.05) is 5.69 Å². The van der Waals surface area contributed by atoms with Gasteiger partial charge in [-0.05, 0) is 24.3 Å². The van der Waals surface area contributed by atoms with Gasteiger partial charge in [0.05, 0.1) is 7.11 Å². The van der Waals surface area contributed by atoms with Crippen LogP contribution < -0.4 is 15.1 Å². The van der Waals surface area contributed by atoms with Crippen molar-refractivity contribution in [2.75, 3.05) is 18.7 Å². The fourth-order valence-corrected chi connectivity index (χ4v) is 1.20. The number of methoxy groups -OCH3 is 1. The summed E-state index contributed by atoms with van der Waals surface area (Å²) >= 11 is 0. The summed E-state index contributed by atoms with van der Waals surface area (Å²) in [5.41, 5.74) is 3.97. The average molecular weight is 177 g/mol. The molecule has 0 saturated carbocycles. The third kappa shape index (κ3) is 1.56. The maximum atomic E-state index is 5.06. The van der Waals surface area contributed by atoms with E-state index in [0.29, 0.717) is 0 Å². The van der Waals surface area contributed by atoms with Crippen molar-refractivity contribution in [3.8, 4) is 5.75 Å². The van der Waals surface area contributed by atoms with Gasteiger partial charge in [-0.2, -0.15) is 5.10 Å². The molecule has 0 bridgehead atoms. The van der Waals surface area contributed by atoms with Crippen molar-refractivity contribution in [2.45, 2.75) is 0 Å². The maximum Gasteiger partial charge on any atom is 0.119 e. The minimum absolute atomic E-state index is 0.729. The van der Waals surface area contributed by atoms with Crippen LogP contribution in [0.25, 0.3) is 0 Å². The van der Waals surface area contributed by atoms with Crippen molar-refractivity contribution in [1.29, 1.82) is 0 Å². The molecular weight excluding hydrogens is 166 g/mol. The number of nitrogens with one attached hydrogen (secondary N) is 1. The highest BCUT2D eigenvalue weighted by molar-refractivity contribution is 5.80. The first-order valence-corrected chi connectivity index (χ1v) is 4.07. The third-order valence-corrected chi connectivity index (χ3v) is 1.93. The fourth-order valence-electron chi connectivity index (χ4n) is 1.20. The van der Waals surface area contributed by atoms with Crippen LogP contribution in [0.2, 0.25) is 0 Å². The number of ether oxygens (including phenoxy) is 1. The molecule has 4 nitrogen and oxygen atoms in total. The Morgan fingerprint density at radius 3 is 2.69 bits per heavy atom. The molecule has 1 aliphatic rings. The number of hydrogen-bond donors (Lipinski definition) is 1. The first-order chi connectivity index (χ1) is 6.40. The van der Waals surface area contributed by atoms with E-state index in [2.05, 4.69) is 10.5 Å². The minimum Gasteiger partial charge on any atom is -0.497 e. The summed E-state index contributed by atoms with van der Waals surface area (Å²) in [5.74, 6) is 0.868. The number of benzene rings is 1. The molecule has 0 aromatic heterocycles. The Labute approximate surface area is 76.8 Å². The molecule has 1 aromatic rings. The standard InChI is InChI=1S/C9H11N3O/c1-13-9-4-2-8(3-5-9)12-6-10-11-7-12/h2-6,11H,7H2,1H3. The maximum absolute atomic E-state index is 5.06. The summed E-state index contributed by atoms with van der Waals surface area (Å²) in [6, 6.07) is 7.86. The number of hydrogen-bond acceptors (Lipinski definition) is 4. The van der Waals surface area contributed by atoms with Gasteiger partial charge in [0.25, 0.3) is 0 Å². The molecule has 68 valence electrons. The molecule has 1 heterocycles. The van der Waals surface area contributed by atoms with Crippen molar-refractivity contribution in [1.82, 2.24) is 5.43 Å². The summed E-state index contributed by atoms with van der Waals surface area (Å²) in [4.78, 5) is 2.01. The van der Waals surface area contributed by atoms with E-state index >= 15 is 0 Å². The molecule has 0 aliphatic carbocycles. The lowest BCUT2D eigenvalue weighted by atomic mass is 10.3. The highest BCUT2D eigenvalue weighted by Crippen LogP contribution is 2.18. The molecule has 0 unspecified atom stereocenters. The van der Waals surface area contributed by atoms with Crippen LogP contribution in [0.3, 0.4) is 0 Å². The normalized spacial score (nSPS) is 14.4. The van der Waals surface area contributed by atoms with Crippen molar-refractivity contribution in [3.05, 3.63) is 24.3 Å². The fraction of sp³-hybridized carbons (Fsp3) is 0.222. The van der Waals surface area contributed by atoms with Gasteiger partial charge in [-0.3, -0.25) is 5.43 Å². The van der Waals surface area contributed by atoms with E-state index in [1.165, 1.54) is 0 Å². The number of hydrazone groups is 1. The largest absolute Gasteiger partial charge is 0.497 e. The highest BCUT2D eigenvalue weighted by Gasteiger charge is 2.06. The van der Waals surface area contributed by atoms with E-state index in [4.69, 9.17) is 4.74 Å². The number of nitrogens with zero attached hydrogens (tertiary/aromatic N) is 2. The smallest absolute Gasteiger partial charge is 0.119 e. The van der Waals surface area contributed by atoms with Gasteiger partial charge in [0.1, 0.15) is 18.8 Å². The molecule has 0 radical (unpaired) electrons. The average Bonchev–Trinajstić information content (AvgIpc) is 2.71. The van der Waals surface area contributed by atoms with Crippen molar-refractivity contribution in [2.24, 2.45) is 5.10 Å². The van der Waals surface area contributed by atoms with Gasteiger partial charge in [0.15, 0.2) is 0 Å². The van der Waals surface area contributed by atoms with Crippen LogP contribution in [0, 0.1) is 0 Å². The summed E-state index contributed by atoms with van der Waals surface area (Å²) in [5, 5.41) is 3.90. The lowest BCUT2D eigenvalue weighted by Gasteiger charge is -2.12. The lowest BCUT2D eigenvalue weighted by molar-refractivity contribution is 0.415. The minimum atomic E-state index is 0.729. The Morgan fingerprint density at radius 1 is 1.38 bits per heavy atom. The zero-order chi connectivity index (χ0) is 9.10. The van der Waals surface area contributed by atoms with Crippen LogP contribution in [0.4, 0.5) is 5.69 Å².